The van der Waals surface area contributed by atoms with Crippen molar-refractivity contribution in [2.45, 2.75) is 6.92 Å². The van der Waals surface area contributed by atoms with Crippen LogP contribution in [0.15, 0.2) is 39.6 Å². The smallest absolute Gasteiger partial charge is 0.310 e. The van der Waals surface area contributed by atoms with Crippen molar-refractivity contribution in [1.82, 2.24) is 9.97 Å². The molecule has 76 valence electrons. The van der Waals surface area contributed by atoms with Crippen molar-refractivity contribution < 1.29 is 0 Å². The molecule has 0 amide bonds. The van der Waals surface area contributed by atoms with Gasteiger partial charge in [0.1, 0.15) is 0 Å². The Balaban J connectivity index is 2.64. The van der Waals surface area contributed by atoms with Gasteiger partial charge in [0.2, 0.25) is 0 Å². The number of nitrogens with zero attached hydrogens (tertiary/aromatic N) is 1. The van der Waals surface area contributed by atoms with E-state index >= 15 is 0 Å². The summed E-state index contributed by atoms with van der Waals surface area (Å²) in [7, 11) is 0. The van der Waals surface area contributed by atoms with Crippen LogP contribution in [-0.4, -0.2) is 9.97 Å². The second-order valence-corrected chi connectivity index (χ2v) is 4.09. The summed E-state index contributed by atoms with van der Waals surface area (Å²) in [5, 5.41) is 0. The van der Waals surface area contributed by atoms with Gasteiger partial charge in [0.25, 0.3) is 0 Å². The van der Waals surface area contributed by atoms with Crippen molar-refractivity contribution in [1.29, 1.82) is 0 Å². The summed E-state index contributed by atoms with van der Waals surface area (Å²) >= 11 is 3.43. The van der Waals surface area contributed by atoms with Crippen molar-refractivity contribution in [3.05, 3.63) is 51.0 Å². The van der Waals surface area contributed by atoms with Crippen LogP contribution in [0.5, 0.6) is 0 Å². The largest absolute Gasteiger partial charge is 0.345 e. The van der Waals surface area contributed by atoms with Gasteiger partial charge in [0.05, 0.1) is 5.69 Å². The minimum Gasteiger partial charge on any atom is -0.310 e. The van der Waals surface area contributed by atoms with E-state index in [1.54, 1.807) is 0 Å². The average Bonchev–Trinajstić information content (AvgIpc) is 2.16. The second-order valence-electron chi connectivity index (χ2n) is 3.23. The lowest BCUT2D eigenvalue weighted by Crippen LogP contribution is -2.11. The molecular weight excluding hydrogens is 256 g/mol. The zero-order valence-corrected chi connectivity index (χ0v) is 9.71. The van der Waals surface area contributed by atoms with Crippen molar-refractivity contribution in [3.63, 3.8) is 0 Å². The Bertz CT molecular complexity index is 548. The number of hydrogen-bond donors (Lipinski definition) is 1. The SMILES string of the molecule is Cc1cc(-c2ccccc2Br)nc(=O)[nH]1. The molecule has 0 aliphatic heterocycles. The fraction of sp³-hybridized carbons (Fsp3) is 0.0909. The van der Waals surface area contributed by atoms with Gasteiger partial charge in [-0.15, -0.1) is 0 Å². The average molecular weight is 265 g/mol. The van der Waals surface area contributed by atoms with E-state index in [-0.39, 0.29) is 5.69 Å². The minimum atomic E-state index is -0.319. The lowest BCUT2D eigenvalue weighted by molar-refractivity contribution is 1.03. The number of halogens is 1. The van der Waals surface area contributed by atoms with E-state index in [2.05, 4.69) is 25.9 Å². The van der Waals surface area contributed by atoms with Crippen LogP contribution < -0.4 is 5.69 Å². The molecule has 0 aliphatic rings. The molecule has 0 spiro atoms. The molecule has 0 aliphatic carbocycles. The zero-order valence-electron chi connectivity index (χ0n) is 8.12. The van der Waals surface area contributed by atoms with Crippen molar-refractivity contribution >= 4 is 15.9 Å². The second kappa shape index (κ2) is 3.98. The van der Waals surface area contributed by atoms with Crippen LogP contribution in [0, 0.1) is 6.92 Å². The predicted molar refractivity (Wildman–Crippen MR) is 62.7 cm³/mol. The van der Waals surface area contributed by atoms with Crippen LogP contribution in [0.3, 0.4) is 0 Å². The highest BCUT2D eigenvalue weighted by molar-refractivity contribution is 9.10. The molecular formula is C11H9BrN2O. The predicted octanol–water partition coefficient (Wildman–Crippen LogP) is 2.51. The summed E-state index contributed by atoms with van der Waals surface area (Å²) in [5.74, 6) is 0. The van der Waals surface area contributed by atoms with E-state index in [0.29, 0.717) is 5.69 Å². The number of hydrogen-bond acceptors (Lipinski definition) is 2. The number of aromatic nitrogens is 2. The number of rotatable bonds is 1. The van der Waals surface area contributed by atoms with Gasteiger partial charge in [0, 0.05) is 15.7 Å². The molecule has 0 bridgehead atoms. The molecule has 0 unspecified atom stereocenters. The Labute approximate surface area is 95.3 Å². The maximum Gasteiger partial charge on any atom is 0.345 e. The van der Waals surface area contributed by atoms with Gasteiger partial charge in [-0.05, 0) is 19.1 Å². The Morgan fingerprint density at radius 2 is 2.07 bits per heavy atom. The Morgan fingerprint density at radius 1 is 1.33 bits per heavy atom. The van der Waals surface area contributed by atoms with Crippen molar-refractivity contribution in [2.24, 2.45) is 0 Å². The van der Waals surface area contributed by atoms with Crippen molar-refractivity contribution in [3.8, 4) is 11.3 Å². The standard InChI is InChI=1S/C11H9BrN2O/c1-7-6-10(14-11(15)13-7)8-4-2-3-5-9(8)12/h2-6H,1H3,(H,13,14,15). The van der Waals surface area contributed by atoms with E-state index < -0.39 is 0 Å². The monoisotopic (exact) mass is 264 g/mol. The first-order valence-corrected chi connectivity index (χ1v) is 5.29. The van der Waals surface area contributed by atoms with E-state index in [0.717, 1.165) is 15.7 Å². The van der Waals surface area contributed by atoms with E-state index in [4.69, 9.17) is 0 Å². The van der Waals surface area contributed by atoms with Gasteiger partial charge in [-0.3, -0.25) is 0 Å². The fourth-order valence-electron chi connectivity index (χ4n) is 1.39. The molecule has 1 N–H and O–H groups in total. The van der Waals surface area contributed by atoms with Gasteiger partial charge < -0.3 is 4.98 Å². The molecule has 1 heterocycles. The lowest BCUT2D eigenvalue weighted by atomic mass is 10.1. The highest BCUT2D eigenvalue weighted by Gasteiger charge is 2.04. The van der Waals surface area contributed by atoms with Crippen LogP contribution in [0.4, 0.5) is 0 Å². The first kappa shape index (κ1) is 10.1. The number of aromatic amines is 1. The molecule has 2 aromatic rings. The normalized spacial score (nSPS) is 10.3. The topological polar surface area (TPSA) is 45.8 Å². The highest BCUT2D eigenvalue weighted by Crippen LogP contribution is 2.25. The van der Waals surface area contributed by atoms with Crippen molar-refractivity contribution in [2.75, 3.05) is 0 Å². The summed E-state index contributed by atoms with van der Waals surface area (Å²) in [5.41, 5.74) is 2.09. The quantitative estimate of drug-likeness (QED) is 0.861. The molecule has 2 rings (SSSR count). The highest BCUT2D eigenvalue weighted by atomic mass is 79.9. The molecule has 0 atom stereocenters. The van der Waals surface area contributed by atoms with Crippen LogP contribution in [0.25, 0.3) is 11.3 Å². The molecule has 0 saturated carbocycles. The summed E-state index contributed by atoms with van der Waals surface area (Å²) in [6, 6.07) is 9.53. The number of benzene rings is 1. The molecule has 1 aromatic carbocycles. The zero-order chi connectivity index (χ0) is 10.8. The van der Waals surface area contributed by atoms with Gasteiger partial charge in [-0.2, -0.15) is 4.98 Å². The molecule has 0 saturated heterocycles. The molecule has 15 heavy (non-hydrogen) atoms. The summed E-state index contributed by atoms with van der Waals surface area (Å²) < 4.78 is 0.933. The molecule has 0 radical (unpaired) electrons. The maximum absolute atomic E-state index is 11.2. The van der Waals surface area contributed by atoms with Crippen LogP contribution in [0.2, 0.25) is 0 Å². The number of nitrogens with one attached hydrogen (secondary N) is 1. The third-order valence-corrected chi connectivity index (χ3v) is 2.72. The van der Waals surface area contributed by atoms with Crippen LogP contribution >= 0.6 is 15.9 Å². The molecule has 4 heteroatoms. The number of aryl methyl sites for hydroxylation is 1. The fourth-order valence-corrected chi connectivity index (χ4v) is 1.87. The molecule has 1 aromatic heterocycles. The minimum absolute atomic E-state index is 0.319. The molecule has 3 nitrogen and oxygen atoms in total. The van der Waals surface area contributed by atoms with Gasteiger partial charge in [-0.25, -0.2) is 4.79 Å². The Morgan fingerprint density at radius 3 is 2.73 bits per heavy atom. The molecule has 0 fully saturated rings. The van der Waals surface area contributed by atoms with E-state index in [1.807, 2.05) is 37.3 Å². The third kappa shape index (κ3) is 2.15. The first-order chi connectivity index (χ1) is 7.16. The van der Waals surface area contributed by atoms with Gasteiger partial charge in [-0.1, -0.05) is 34.1 Å². The first-order valence-electron chi connectivity index (χ1n) is 4.50. The Kier molecular flexibility index (Phi) is 2.68. The van der Waals surface area contributed by atoms with Gasteiger partial charge >= 0.3 is 5.69 Å². The van der Waals surface area contributed by atoms with E-state index in [9.17, 15) is 4.79 Å². The summed E-state index contributed by atoms with van der Waals surface area (Å²) in [6.45, 7) is 1.84. The summed E-state index contributed by atoms with van der Waals surface area (Å²) in [4.78, 5) is 17.8. The van der Waals surface area contributed by atoms with E-state index in [1.165, 1.54) is 0 Å². The number of H-pyrrole nitrogens is 1. The summed E-state index contributed by atoms with van der Waals surface area (Å²) in [6.07, 6.45) is 0. The van der Waals surface area contributed by atoms with Crippen LogP contribution in [0.1, 0.15) is 5.69 Å². The Hall–Kier alpha value is -1.42. The van der Waals surface area contributed by atoms with Crippen LogP contribution in [-0.2, 0) is 0 Å². The third-order valence-electron chi connectivity index (χ3n) is 2.03. The lowest BCUT2D eigenvalue weighted by Gasteiger charge is -2.03. The van der Waals surface area contributed by atoms with Gasteiger partial charge in [0.15, 0.2) is 0 Å². The maximum atomic E-state index is 11.2.